The van der Waals surface area contributed by atoms with Crippen molar-refractivity contribution in [1.82, 2.24) is 10.6 Å². The number of urea groups is 1. The maximum Gasteiger partial charge on any atom is 0.315 e. The van der Waals surface area contributed by atoms with Gasteiger partial charge in [-0.15, -0.1) is 0 Å². The Labute approximate surface area is 97.6 Å². The first kappa shape index (κ1) is 13.7. The quantitative estimate of drug-likeness (QED) is 0.701. The highest BCUT2D eigenvalue weighted by Gasteiger charge is 2.45. The third-order valence-corrected chi connectivity index (χ3v) is 3.17. The Balaban J connectivity index is 2.50. The van der Waals surface area contributed by atoms with Crippen LogP contribution in [0.15, 0.2) is 0 Å². The van der Waals surface area contributed by atoms with Crippen molar-refractivity contribution in [3.8, 4) is 0 Å². The molecule has 0 aromatic carbocycles. The largest absolute Gasteiger partial charge is 0.481 e. The number of nitrogens with one attached hydrogen (secondary N) is 2. The van der Waals surface area contributed by atoms with Gasteiger partial charge in [0.1, 0.15) is 0 Å². The summed E-state index contributed by atoms with van der Waals surface area (Å²) in [5.41, 5.74) is -1.01. The number of carboxylic acid groups (broad SMARTS) is 1. The Hall–Kier alpha value is -1.40. The van der Waals surface area contributed by atoms with Gasteiger partial charge in [0.05, 0.1) is 12.0 Å². The fourth-order valence-electron chi connectivity index (χ4n) is 2.03. The molecule has 2 unspecified atom stereocenters. The lowest BCUT2D eigenvalue weighted by Crippen LogP contribution is -2.50. The fraction of sp³-hybridized carbons (Fsp3) is 0.800. The van der Waals surface area contributed by atoms with Crippen LogP contribution in [0, 0.1) is 5.41 Å². The average molecular weight is 250 g/mol. The summed E-state index contributed by atoms with van der Waals surface area (Å²) in [6.45, 7) is 0.822. The normalized spacial score (nSPS) is 28.1. The van der Waals surface area contributed by atoms with E-state index in [4.69, 9.17) is 5.11 Å². The van der Waals surface area contributed by atoms with Gasteiger partial charge in [0.2, 0.25) is 0 Å². The summed E-state index contributed by atoms with van der Waals surface area (Å²) in [6.07, 6.45) is -0.898. The standard InChI is InChI=1S/C10H16F2N2O3/c1-10(8(15)16)4-2-3-6(10)14-9(17)13-5-7(11)12/h6-7H,2-5H2,1H3,(H,15,16)(H2,13,14,17). The van der Waals surface area contributed by atoms with E-state index in [1.807, 2.05) is 5.32 Å². The summed E-state index contributed by atoms with van der Waals surface area (Å²) in [5.74, 6) is -0.978. The molecule has 0 spiro atoms. The van der Waals surface area contributed by atoms with Gasteiger partial charge < -0.3 is 15.7 Å². The number of alkyl halides is 2. The molecule has 0 aromatic heterocycles. The van der Waals surface area contributed by atoms with E-state index < -0.39 is 36.4 Å². The molecule has 98 valence electrons. The molecular formula is C10H16F2N2O3. The molecule has 1 rings (SSSR count). The zero-order valence-electron chi connectivity index (χ0n) is 9.50. The van der Waals surface area contributed by atoms with Crippen molar-refractivity contribution in [3.63, 3.8) is 0 Å². The zero-order valence-corrected chi connectivity index (χ0v) is 9.50. The number of carbonyl (C=O) groups excluding carboxylic acids is 1. The highest BCUT2D eigenvalue weighted by Crippen LogP contribution is 2.38. The van der Waals surface area contributed by atoms with Gasteiger partial charge in [-0.2, -0.15) is 0 Å². The second kappa shape index (κ2) is 5.29. The molecule has 0 saturated heterocycles. The topological polar surface area (TPSA) is 78.4 Å². The van der Waals surface area contributed by atoms with Gasteiger partial charge in [-0.3, -0.25) is 4.79 Å². The Morgan fingerprint density at radius 1 is 1.53 bits per heavy atom. The summed E-state index contributed by atoms with van der Waals surface area (Å²) < 4.78 is 23.7. The number of carbonyl (C=O) groups is 2. The Morgan fingerprint density at radius 3 is 2.71 bits per heavy atom. The van der Waals surface area contributed by atoms with E-state index in [9.17, 15) is 18.4 Å². The molecule has 2 amide bonds. The molecule has 1 saturated carbocycles. The van der Waals surface area contributed by atoms with E-state index in [1.54, 1.807) is 6.92 Å². The smallest absolute Gasteiger partial charge is 0.315 e. The SMILES string of the molecule is CC1(C(=O)O)CCCC1NC(=O)NCC(F)F. The van der Waals surface area contributed by atoms with E-state index in [0.717, 1.165) is 0 Å². The molecule has 0 bridgehead atoms. The van der Waals surface area contributed by atoms with Crippen LogP contribution >= 0.6 is 0 Å². The molecule has 3 N–H and O–H groups in total. The number of rotatable bonds is 4. The monoisotopic (exact) mass is 250 g/mol. The van der Waals surface area contributed by atoms with Crippen molar-refractivity contribution in [1.29, 1.82) is 0 Å². The minimum Gasteiger partial charge on any atom is -0.481 e. The van der Waals surface area contributed by atoms with Gasteiger partial charge in [0, 0.05) is 6.04 Å². The number of amides is 2. The van der Waals surface area contributed by atoms with Gasteiger partial charge in [-0.05, 0) is 19.8 Å². The molecule has 1 aliphatic rings. The first-order valence-corrected chi connectivity index (χ1v) is 5.42. The molecule has 2 atom stereocenters. The lowest BCUT2D eigenvalue weighted by Gasteiger charge is -2.27. The minimum absolute atomic E-state index is 0.474. The van der Waals surface area contributed by atoms with Gasteiger partial charge in [-0.25, -0.2) is 13.6 Å². The highest BCUT2D eigenvalue weighted by molar-refractivity contribution is 5.79. The van der Waals surface area contributed by atoms with E-state index >= 15 is 0 Å². The predicted octanol–water partition coefficient (Wildman–Crippen LogP) is 1.19. The average Bonchev–Trinajstić information content (AvgIpc) is 2.59. The Morgan fingerprint density at radius 2 is 2.18 bits per heavy atom. The maximum atomic E-state index is 11.9. The van der Waals surface area contributed by atoms with Crippen molar-refractivity contribution < 1.29 is 23.5 Å². The van der Waals surface area contributed by atoms with Crippen LogP contribution in [-0.2, 0) is 4.79 Å². The molecule has 0 heterocycles. The lowest BCUT2D eigenvalue weighted by atomic mass is 9.85. The predicted molar refractivity (Wildman–Crippen MR) is 55.9 cm³/mol. The van der Waals surface area contributed by atoms with E-state index in [-0.39, 0.29) is 0 Å². The van der Waals surface area contributed by atoms with Gasteiger partial charge in [-0.1, -0.05) is 6.42 Å². The van der Waals surface area contributed by atoms with Gasteiger partial charge in [0.25, 0.3) is 6.43 Å². The van der Waals surface area contributed by atoms with Crippen LogP contribution in [0.5, 0.6) is 0 Å². The number of hydrogen-bond acceptors (Lipinski definition) is 2. The van der Waals surface area contributed by atoms with Crippen LogP contribution in [0.1, 0.15) is 26.2 Å². The van der Waals surface area contributed by atoms with Crippen LogP contribution in [-0.4, -0.2) is 36.1 Å². The molecule has 0 aliphatic heterocycles. The molecule has 17 heavy (non-hydrogen) atoms. The van der Waals surface area contributed by atoms with Gasteiger partial charge >= 0.3 is 12.0 Å². The third-order valence-electron chi connectivity index (χ3n) is 3.17. The Bertz CT molecular complexity index is 312. The molecule has 7 heteroatoms. The fourth-order valence-corrected chi connectivity index (χ4v) is 2.03. The highest BCUT2D eigenvalue weighted by atomic mass is 19.3. The molecule has 1 aliphatic carbocycles. The first-order chi connectivity index (χ1) is 7.86. The second-order valence-electron chi connectivity index (χ2n) is 4.41. The molecule has 5 nitrogen and oxygen atoms in total. The molecule has 1 fully saturated rings. The number of halogens is 2. The van der Waals surface area contributed by atoms with E-state index in [0.29, 0.717) is 19.3 Å². The van der Waals surface area contributed by atoms with Crippen LogP contribution in [0.3, 0.4) is 0 Å². The van der Waals surface area contributed by atoms with Crippen molar-refractivity contribution >= 4 is 12.0 Å². The summed E-state index contributed by atoms with van der Waals surface area (Å²) in [5, 5.41) is 13.5. The minimum atomic E-state index is -2.62. The van der Waals surface area contributed by atoms with E-state index in [2.05, 4.69) is 5.32 Å². The number of aliphatic carboxylic acids is 1. The first-order valence-electron chi connectivity index (χ1n) is 5.42. The summed E-state index contributed by atoms with van der Waals surface area (Å²) in [7, 11) is 0. The van der Waals surface area contributed by atoms with E-state index in [1.165, 1.54) is 0 Å². The number of hydrogen-bond donors (Lipinski definition) is 3. The van der Waals surface area contributed by atoms with Crippen LogP contribution in [0.25, 0.3) is 0 Å². The van der Waals surface area contributed by atoms with Crippen LogP contribution < -0.4 is 10.6 Å². The van der Waals surface area contributed by atoms with Crippen molar-refractivity contribution in [2.75, 3.05) is 6.54 Å². The van der Waals surface area contributed by atoms with Crippen molar-refractivity contribution in [2.24, 2.45) is 5.41 Å². The van der Waals surface area contributed by atoms with Crippen LogP contribution in [0.4, 0.5) is 13.6 Å². The molecule has 0 radical (unpaired) electrons. The molecular weight excluding hydrogens is 234 g/mol. The second-order valence-corrected chi connectivity index (χ2v) is 4.41. The van der Waals surface area contributed by atoms with Crippen molar-refractivity contribution in [2.45, 2.75) is 38.7 Å². The van der Waals surface area contributed by atoms with Crippen molar-refractivity contribution in [3.05, 3.63) is 0 Å². The maximum absolute atomic E-state index is 11.9. The third kappa shape index (κ3) is 3.28. The summed E-state index contributed by atoms with van der Waals surface area (Å²) in [4.78, 5) is 22.4. The zero-order chi connectivity index (χ0) is 13.1. The lowest BCUT2D eigenvalue weighted by molar-refractivity contribution is -0.148. The summed E-state index contributed by atoms with van der Waals surface area (Å²) >= 11 is 0. The van der Waals surface area contributed by atoms with Gasteiger partial charge in [0.15, 0.2) is 0 Å². The summed E-state index contributed by atoms with van der Waals surface area (Å²) in [6, 6.07) is -1.26. The Kier molecular flexibility index (Phi) is 4.25. The number of carboxylic acids is 1. The van der Waals surface area contributed by atoms with Crippen LogP contribution in [0.2, 0.25) is 0 Å². The molecule has 0 aromatic rings.